The van der Waals surface area contributed by atoms with Crippen LogP contribution in [0.3, 0.4) is 0 Å². The van der Waals surface area contributed by atoms with Crippen LogP contribution in [0.5, 0.6) is 0 Å². The lowest BCUT2D eigenvalue weighted by atomic mass is 9.89. The lowest BCUT2D eigenvalue weighted by molar-refractivity contribution is -0.0276. The smallest absolute Gasteiger partial charge is 0.0865 e. The maximum Gasteiger partial charge on any atom is 0.0865 e. The molecule has 1 aromatic rings. The summed E-state index contributed by atoms with van der Waals surface area (Å²) in [6, 6.07) is 5.80. The number of halogens is 2. The van der Waals surface area contributed by atoms with Gasteiger partial charge in [0.15, 0.2) is 0 Å². The lowest BCUT2D eigenvalue weighted by Crippen LogP contribution is -2.31. The van der Waals surface area contributed by atoms with Gasteiger partial charge in [0.05, 0.1) is 16.1 Å². The van der Waals surface area contributed by atoms with Crippen molar-refractivity contribution in [3.8, 4) is 0 Å². The summed E-state index contributed by atoms with van der Waals surface area (Å²) in [7, 11) is 0. The molecule has 1 aromatic carbocycles. The average Bonchev–Trinajstić information content (AvgIpc) is 2.40. The Morgan fingerprint density at radius 1 is 1.33 bits per heavy atom. The van der Waals surface area contributed by atoms with Gasteiger partial charge in [-0.15, -0.1) is 0 Å². The van der Waals surface area contributed by atoms with E-state index in [9.17, 15) is 0 Å². The van der Waals surface area contributed by atoms with Crippen LogP contribution < -0.4 is 5.32 Å². The number of benzene rings is 1. The molecule has 1 aliphatic rings. The highest BCUT2D eigenvalue weighted by atomic mass is 35.5. The van der Waals surface area contributed by atoms with Gasteiger partial charge in [0, 0.05) is 19.1 Å². The second-order valence-electron chi connectivity index (χ2n) is 4.67. The first-order chi connectivity index (χ1) is 8.72. The molecule has 4 heteroatoms. The summed E-state index contributed by atoms with van der Waals surface area (Å²) in [5, 5.41) is 4.60. The molecule has 100 valence electrons. The van der Waals surface area contributed by atoms with Gasteiger partial charge < -0.3 is 10.1 Å². The van der Waals surface area contributed by atoms with Gasteiger partial charge in [0.2, 0.25) is 0 Å². The highest BCUT2D eigenvalue weighted by Gasteiger charge is 2.27. The molecule has 2 nitrogen and oxygen atoms in total. The van der Waals surface area contributed by atoms with Gasteiger partial charge in [-0.1, -0.05) is 36.2 Å². The van der Waals surface area contributed by atoms with Crippen LogP contribution in [0.1, 0.15) is 31.4 Å². The molecule has 0 bridgehead atoms. The maximum absolute atomic E-state index is 6.08. The third-order valence-electron chi connectivity index (χ3n) is 3.37. The largest absolute Gasteiger partial charge is 0.373 e. The summed E-state index contributed by atoms with van der Waals surface area (Å²) in [5.41, 5.74) is 1.13. The van der Waals surface area contributed by atoms with Crippen molar-refractivity contribution in [1.82, 2.24) is 5.32 Å². The van der Waals surface area contributed by atoms with E-state index in [0.29, 0.717) is 16.0 Å². The molecule has 2 rings (SSSR count). The Balaban J connectivity index is 2.14. The van der Waals surface area contributed by atoms with E-state index in [1.807, 2.05) is 18.2 Å². The standard InChI is InChI=1S/C14H19Cl2NO/c1-2-17-9-11-4-3-7-18-14(11)10-5-6-12(15)13(16)8-10/h5-6,8,11,14,17H,2-4,7,9H2,1H3. The summed E-state index contributed by atoms with van der Waals surface area (Å²) in [6.45, 7) is 4.93. The van der Waals surface area contributed by atoms with Crippen molar-refractivity contribution >= 4 is 23.2 Å². The van der Waals surface area contributed by atoms with Crippen LogP contribution >= 0.6 is 23.2 Å². The van der Waals surface area contributed by atoms with Crippen molar-refractivity contribution < 1.29 is 4.74 Å². The molecule has 1 saturated heterocycles. The number of rotatable bonds is 4. The van der Waals surface area contributed by atoms with Gasteiger partial charge in [-0.05, 0) is 37.1 Å². The Morgan fingerprint density at radius 3 is 2.89 bits per heavy atom. The highest BCUT2D eigenvalue weighted by Crippen LogP contribution is 2.35. The summed E-state index contributed by atoms with van der Waals surface area (Å²) < 4.78 is 5.93. The Hall–Kier alpha value is -0.280. The lowest BCUT2D eigenvalue weighted by Gasteiger charge is -2.32. The van der Waals surface area contributed by atoms with Gasteiger partial charge in [0.1, 0.15) is 0 Å². The zero-order valence-electron chi connectivity index (χ0n) is 10.6. The first kappa shape index (κ1) is 14.1. The summed E-state index contributed by atoms with van der Waals surface area (Å²) in [4.78, 5) is 0. The summed E-state index contributed by atoms with van der Waals surface area (Å²) in [5.74, 6) is 0.510. The number of hydrogen-bond acceptors (Lipinski definition) is 2. The van der Waals surface area contributed by atoms with Crippen LogP contribution in [0.2, 0.25) is 10.0 Å². The molecule has 1 fully saturated rings. The van der Waals surface area contributed by atoms with Gasteiger partial charge in [-0.25, -0.2) is 0 Å². The van der Waals surface area contributed by atoms with E-state index >= 15 is 0 Å². The first-order valence-corrected chi connectivity index (χ1v) is 7.25. The van der Waals surface area contributed by atoms with Gasteiger partial charge in [-0.2, -0.15) is 0 Å². The molecule has 1 heterocycles. The van der Waals surface area contributed by atoms with Crippen molar-refractivity contribution in [3.05, 3.63) is 33.8 Å². The van der Waals surface area contributed by atoms with Crippen LogP contribution in [0.4, 0.5) is 0 Å². The van der Waals surface area contributed by atoms with E-state index in [2.05, 4.69) is 12.2 Å². The van der Waals surface area contributed by atoms with Crippen LogP contribution in [0, 0.1) is 5.92 Å². The summed E-state index contributed by atoms with van der Waals surface area (Å²) in [6.07, 6.45) is 2.46. The monoisotopic (exact) mass is 287 g/mol. The number of nitrogens with one attached hydrogen (secondary N) is 1. The molecule has 0 saturated carbocycles. The average molecular weight is 288 g/mol. The molecular formula is C14H19Cl2NO. The fourth-order valence-electron chi connectivity index (χ4n) is 2.44. The Morgan fingerprint density at radius 2 is 2.17 bits per heavy atom. The van der Waals surface area contributed by atoms with Gasteiger partial charge >= 0.3 is 0 Å². The molecule has 1 N–H and O–H groups in total. The van der Waals surface area contributed by atoms with Gasteiger partial charge in [-0.3, -0.25) is 0 Å². The normalized spacial score (nSPS) is 24.2. The topological polar surface area (TPSA) is 21.3 Å². The van der Waals surface area contributed by atoms with Crippen molar-refractivity contribution in [1.29, 1.82) is 0 Å². The Bertz CT molecular complexity index is 397. The zero-order valence-corrected chi connectivity index (χ0v) is 12.1. The third-order valence-corrected chi connectivity index (χ3v) is 4.11. The van der Waals surface area contributed by atoms with Crippen LogP contribution in [-0.4, -0.2) is 19.7 Å². The van der Waals surface area contributed by atoms with Gasteiger partial charge in [0.25, 0.3) is 0 Å². The summed E-state index contributed by atoms with van der Waals surface area (Å²) >= 11 is 12.0. The van der Waals surface area contributed by atoms with Crippen LogP contribution in [-0.2, 0) is 4.74 Å². The van der Waals surface area contributed by atoms with Crippen molar-refractivity contribution in [2.45, 2.75) is 25.9 Å². The van der Waals surface area contributed by atoms with E-state index < -0.39 is 0 Å². The molecule has 0 aromatic heterocycles. The fourth-order valence-corrected chi connectivity index (χ4v) is 2.75. The number of hydrogen-bond donors (Lipinski definition) is 1. The van der Waals surface area contributed by atoms with E-state index in [1.54, 1.807) is 0 Å². The number of ether oxygens (including phenoxy) is 1. The van der Waals surface area contributed by atoms with Crippen molar-refractivity contribution in [2.75, 3.05) is 19.7 Å². The van der Waals surface area contributed by atoms with E-state index in [4.69, 9.17) is 27.9 Å². The molecule has 2 atom stereocenters. The molecule has 18 heavy (non-hydrogen) atoms. The molecule has 1 aliphatic heterocycles. The fraction of sp³-hybridized carbons (Fsp3) is 0.571. The maximum atomic E-state index is 6.08. The molecule has 0 spiro atoms. The minimum Gasteiger partial charge on any atom is -0.373 e. The second kappa shape index (κ2) is 6.76. The Kier molecular flexibility index (Phi) is 5.31. The Labute approximate surface area is 119 Å². The highest BCUT2D eigenvalue weighted by molar-refractivity contribution is 6.42. The molecular weight excluding hydrogens is 269 g/mol. The third kappa shape index (κ3) is 3.39. The minimum absolute atomic E-state index is 0.132. The minimum atomic E-state index is 0.132. The predicted octanol–water partition coefficient (Wildman–Crippen LogP) is 4.07. The van der Waals surface area contributed by atoms with E-state index in [1.165, 1.54) is 6.42 Å². The van der Waals surface area contributed by atoms with Crippen LogP contribution in [0.15, 0.2) is 18.2 Å². The molecule has 2 unspecified atom stereocenters. The molecule has 0 radical (unpaired) electrons. The second-order valence-corrected chi connectivity index (χ2v) is 5.49. The van der Waals surface area contributed by atoms with E-state index in [-0.39, 0.29) is 6.10 Å². The zero-order chi connectivity index (χ0) is 13.0. The quantitative estimate of drug-likeness (QED) is 0.901. The molecule has 0 amide bonds. The first-order valence-electron chi connectivity index (χ1n) is 6.49. The van der Waals surface area contributed by atoms with Crippen molar-refractivity contribution in [3.63, 3.8) is 0 Å². The van der Waals surface area contributed by atoms with Crippen LogP contribution in [0.25, 0.3) is 0 Å². The molecule has 0 aliphatic carbocycles. The van der Waals surface area contributed by atoms with Crippen molar-refractivity contribution in [2.24, 2.45) is 5.92 Å². The van der Waals surface area contributed by atoms with E-state index in [0.717, 1.165) is 31.7 Å². The SMILES string of the molecule is CCNCC1CCCOC1c1ccc(Cl)c(Cl)c1. The predicted molar refractivity (Wildman–Crippen MR) is 76.4 cm³/mol.